The number of hydrogen-bond donors (Lipinski definition) is 0. The molecule has 0 amide bonds. The first kappa shape index (κ1) is 31.1. The Labute approximate surface area is 336 Å². The summed E-state index contributed by atoms with van der Waals surface area (Å²) >= 11 is 0. The third kappa shape index (κ3) is 3.40. The quantitative estimate of drug-likeness (QED) is 0.165. The second kappa shape index (κ2) is 10.5. The molecule has 0 spiro atoms. The Morgan fingerprint density at radius 2 is 1.17 bits per heavy atom. The predicted octanol–water partition coefficient (Wildman–Crippen LogP) is 12.0. The highest BCUT2D eigenvalue weighted by atomic mass is 16.3. The maximum Gasteiger partial charge on any atom is 0.336 e. The summed E-state index contributed by atoms with van der Waals surface area (Å²) in [5.41, 5.74) is 21.9. The molecule has 0 radical (unpaired) electrons. The van der Waals surface area contributed by atoms with Gasteiger partial charge in [0.05, 0.1) is 16.5 Å². The van der Waals surface area contributed by atoms with Crippen molar-refractivity contribution < 1.29 is 4.42 Å². The van der Waals surface area contributed by atoms with E-state index in [2.05, 4.69) is 199 Å². The lowest BCUT2D eigenvalue weighted by atomic mass is 9.43. The van der Waals surface area contributed by atoms with Crippen LogP contribution in [-0.2, 0) is 10.8 Å². The van der Waals surface area contributed by atoms with E-state index >= 15 is 0 Å². The number of hydrogen-bond acceptors (Lipinski definition) is 2. The van der Waals surface area contributed by atoms with Crippen molar-refractivity contribution in [2.75, 3.05) is 4.90 Å². The second-order valence-electron chi connectivity index (χ2n) is 17.1. The Morgan fingerprint density at radius 1 is 0.534 bits per heavy atom. The van der Waals surface area contributed by atoms with Crippen molar-refractivity contribution in [2.24, 2.45) is 0 Å². The topological polar surface area (TPSA) is 21.3 Å². The van der Waals surface area contributed by atoms with Crippen LogP contribution >= 0.6 is 0 Å². The van der Waals surface area contributed by atoms with E-state index in [-0.39, 0.29) is 12.3 Å². The number of furan rings is 1. The molecule has 0 unspecified atom stereocenters. The van der Waals surface area contributed by atoms with Crippen molar-refractivity contribution in [1.82, 2.24) is 4.48 Å². The van der Waals surface area contributed by atoms with E-state index in [1.807, 2.05) is 0 Å². The molecule has 2 aromatic heterocycles. The molecule has 5 heterocycles. The number of fused-ring (bicyclic) bond motifs is 15. The zero-order chi connectivity index (χ0) is 38.1. The van der Waals surface area contributed by atoms with E-state index in [0.717, 1.165) is 16.7 Å². The summed E-state index contributed by atoms with van der Waals surface area (Å²) < 4.78 is 9.62. The minimum Gasteiger partial charge on any atom is -0.441 e. The van der Waals surface area contributed by atoms with E-state index in [0.29, 0.717) is 0 Å². The van der Waals surface area contributed by atoms with Crippen LogP contribution in [0.15, 0.2) is 180 Å². The smallest absolute Gasteiger partial charge is 0.336 e. The summed E-state index contributed by atoms with van der Waals surface area (Å²) in [6.07, 6.45) is 0. The highest BCUT2D eigenvalue weighted by molar-refractivity contribution is 6.90. The average Bonchev–Trinajstić information content (AvgIpc) is 3.89. The second-order valence-corrected chi connectivity index (χ2v) is 17.1. The zero-order valence-electron chi connectivity index (χ0n) is 32.1. The molecule has 14 rings (SSSR count). The van der Waals surface area contributed by atoms with Gasteiger partial charge in [-0.25, -0.2) is 0 Å². The van der Waals surface area contributed by atoms with E-state index in [1.165, 1.54) is 99.9 Å². The average molecular weight is 739 g/mol. The molecule has 8 aromatic carbocycles. The standard InChI is InChI=1S/C54H35BN2O/c1-53(2)39-25-11-9-21-34(39)38-31-44-49-47(48(38)53)37-24-15-23-36-46-35-22-10-14-30-45(35)58-52(46)57(50(36)37)55(49)42-28-16-27-41-51(42)56(44)43-29-13-12-26-40(43)54(41,32-17-5-3-6-18-32)33-19-7-4-8-20-33/h3-31H,1-2H3. The van der Waals surface area contributed by atoms with Gasteiger partial charge in [0, 0.05) is 38.6 Å². The van der Waals surface area contributed by atoms with Gasteiger partial charge in [-0.2, -0.15) is 0 Å². The molecule has 0 saturated heterocycles. The van der Waals surface area contributed by atoms with E-state index in [9.17, 15) is 0 Å². The predicted molar refractivity (Wildman–Crippen MR) is 239 cm³/mol. The number of rotatable bonds is 2. The highest BCUT2D eigenvalue weighted by Crippen LogP contribution is 2.61. The molecule has 0 bridgehead atoms. The van der Waals surface area contributed by atoms with Gasteiger partial charge in [-0.05, 0) is 79.2 Å². The molecule has 10 aromatic rings. The fourth-order valence-corrected chi connectivity index (χ4v) is 12.1. The molecule has 4 aliphatic rings. The molecule has 0 saturated carbocycles. The molecule has 0 fully saturated rings. The van der Waals surface area contributed by atoms with Gasteiger partial charge in [0.2, 0.25) is 0 Å². The van der Waals surface area contributed by atoms with Crippen LogP contribution in [0.4, 0.5) is 17.1 Å². The number of aromatic nitrogens is 1. The molecular weight excluding hydrogens is 703 g/mol. The van der Waals surface area contributed by atoms with Crippen molar-refractivity contribution in [1.29, 1.82) is 0 Å². The fraction of sp³-hybridized carbons (Fsp3) is 0.0741. The maximum absolute atomic E-state index is 7.04. The summed E-state index contributed by atoms with van der Waals surface area (Å²) in [6.45, 7) is 4.73. The molecule has 4 heteroatoms. The molecule has 0 N–H and O–H groups in total. The van der Waals surface area contributed by atoms with Crippen molar-refractivity contribution in [3.63, 3.8) is 0 Å². The van der Waals surface area contributed by atoms with Gasteiger partial charge in [0.1, 0.15) is 5.58 Å². The van der Waals surface area contributed by atoms with Crippen LogP contribution in [0.2, 0.25) is 0 Å². The van der Waals surface area contributed by atoms with Crippen LogP contribution in [0, 0.1) is 0 Å². The first-order valence-electron chi connectivity index (χ1n) is 20.5. The lowest BCUT2D eigenvalue weighted by molar-refractivity contribution is 0.650. The fourth-order valence-electron chi connectivity index (χ4n) is 12.1. The number of benzene rings is 8. The maximum atomic E-state index is 7.04. The van der Waals surface area contributed by atoms with Crippen LogP contribution < -0.4 is 15.8 Å². The summed E-state index contributed by atoms with van der Waals surface area (Å²) in [4.78, 5) is 2.64. The monoisotopic (exact) mass is 738 g/mol. The highest BCUT2D eigenvalue weighted by Gasteiger charge is 2.54. The van der Waals surface area contributed by atoms with Crippen molar-refractivity contribution in [3.8, 4) is 22.3 Å². The van der Waals surface area contributed by atoms with Gasteiger partial charge in [-0.15, -0.1) is 0 Å². The van der Waals surface area contributed by atoms with E-state index in [4.69, 9.17) is 4.42 Å². The Hall–Kier alpha value is -7.04. The van der Waals surface area contributed by atoms with Gasteiger partial charge >= 0.3 is 6.85 Å². The van der Waals surface area contributed by atoms with Crippen LogP contribution in [0.3, 0.4) is 0 Å². The molecule has 0 atom stereocenters. The Kier molecular flexibility index (Phi) is 5.61. The Bertz CT molecular complexity index is 3410. The van der Waals surface area contributed by atoms with E-state index < -0.39 is 5.41 Å². The molecule has 270 valence electrons. The molecular formula is C54H35BN2O. The zero-order valence-corrected chi connectivity index (χ0v) is 32.1. The first-order chi connectivity index (χ1) is 28.6. The molecule has 1 aliphatic carbocycles. The molecule has 3 nitrogen and oxygen atoms in total. The molecule has 58 heavy (non-hydrogen) atoms. The van der Waals surface area contributed by atoms with Crippen molar-refractivity contribution in [3.05, 3.63) is 209 Å². The largest absolute Gasteiger partial charge is 0.441 e. The number of para-hydroxylation sites is 4. The third-order valence-electron chi connectivity index (χ3n) is 14.2. The summed E-state index contributed by atoms with van der Waals surface area (Å²) in [6, 6.07) is 65.8. The minimum absolute atomic E-state index is 0.133. The summed E-state index contributed by atoms with van der Waals surface area (Å²) in [5.74, 6) is 0. The van der Waals surface area contributed by atoms with Crippen molar-refractivity contribution in [2.45, 2.75) is 24.7 Å². The van der Waals surface area contributed by atoms with Gasteiger partial charge in [0.15, 0.2) is 5.71 Å². The SMILES string of the molecule is CC1(C)c2ccccc2-c2cc3c4c(c21)-c1cccc2c5c6ccccc6oc5n(c12)B4c1cccc2c1N3c1ccccc1C2(c1ccccc1)c1ccccc1. The van der Waals surface area contributed by atoms with Gasteiger partial charge < -0.3 is 13.8 Å². The van der Waals surface area contributed by atoms with E-state index in [1.54, 1.807) is 0 Å². The number of anilines is 3. The third-order valence-corrected chi connectivity index (χ3v) is 14.2. The van der Waals surface area contributed by atoms with Crippen LogP contribution in [0.1, 0.15) is 47.2 Å². The van der Waals surface area contributed by atoms with Gasteiger partial charge in [0.25, 0.3) is 0 Å². The van der Waals surface area contributed by atoms with Crippen LogP contribution in [-0.4, -0.2) is 11.3 Å². The van der Waals surface area contributed by atoms with Crippen molar-refractivity contribution >= 4 is 67.8 Å². The number of nitrogens with zero attached hydrogens (tertiary/aromatic N) is 2. The van der Waals surface area contributed by atoms with Crippen LogP contribution in [0.25, 0.3) is 55.2 Å². The van der Waals surface area contributed by atoms with Crippen LogP contribution in [0.5, 0.6) is 0 Å². The summed E-state index contributed by atoms with van der Waals surface area (Å²) in [5, 5.41) is 3.61. The Morgan fingerprint density at radius 3 is 1.98 bits per heavy atom. The lowest BCUT2D eigenvalue weighted by Gasteiger charge is -2.51. The molecule has 3 aliphatic heterocycles. The normalized spacial score (nSPS) is 15.6. The minimum atomic E-state index is -0.570. The lowest BCUT2D eigenvalue weighted by Crippen LogP contribution is -2.58. The summed E-state index contributed by atoms with van der Waals surface area (Å²) in [7, 11) is 0. The van der Waals surface area contributed by atoms with Gasteiger partial charge in [-0.1, -0.05) is 172 Å². The van der Waals surface area contributed by atoms with Gasteiger partial charge in [-0.3, -0.25) is 0 Å². The first-order valence-corrected chi connectivity index (χ1v) is 20.5. The Balaban J connectivity index is 1.22.